The van der Waals surface area contributed by atoms with Gasteiger partial charge in [0.05, 0.1) is 23.0 Å². The van der Waals surface area contributed by atoms with E-state index >= 15 is 0 Å². The van der Waals surface area contributed by atoms with Gasteiger partial charge in [0, 0.05) is 45.8 Å². The average Bonchev–Trinajstić information content (AvgIpc) is 3.53. The van der Waals surface area contributed by atoms with Gasteiger partial charge in [0.2, 0.25) is 5.91 Å². The molecule has 9 nitrogen and oxygen atoms in total. The zero-order valence-corrected chi connectivity index (χ0v) is 21.1. The summed E-state index contributed by atoms with van der Waals surface area (Å²) in [6, 6.07) is 13.8. The highest BCUT2D eigenvalue weighted by Crippen LogP contribution is 2.33. The van der Waals surface area contributed by atoms with Gasteiger partial charge in [0.15, 0.2) is 5.82 Å². The number of fused-ring (bicyclic) bond motifs is 1. The summed E-state index contributed by atoms with van der Waals surface area (Å²) in [6.45, 7) is 9.78. The standard InChI is InChI=1S/C27H33N7O2/c1-18-26(19(2)34(31-18)25-10-7-12-28-30-25)27(36)33-16-22-14-32(15-23(22)17-33)13-11-24(29-20(3)35)21-8-5-4-6-9-21/h4-10,12,22-24H,11,13-17H2,1-3H3,(H,29,35)/t22?,23?,24-/m0/s1. The van der Waals surface area contributed by atoms with E-state index in [1.54, 1.807) is 17.8 Å². The van der Waals surface area contributed by atoms with Gasteiger partial charge in [-0.1, -0.05) is 30.3 Å². The fourth-order valence-electron chi connectivity index (χ4n) is 5.74. The quantitative estimate of drug-likeness (QED) is 0.550. The molecule has 1 N–H and O–H groups in total. The summed E-state index contributed by atoms with van der Waals surface area (Å²) in [5.41, 5.74) is 3.31. The Balaban J connectivity index is 1.20. The molecule has 0 radical (unpaired) electrons. The predicted molar refractivity (Wildman–Crippen MR) is 136 cm³/mol. The van der Waals surface area contributed by atoms with Crippen LogP contribution in [0.25, 0.3) is 5.82 Å². The first-order valence-electron chi connectivity index (χ1n) is 12.6. The molecule has 2 aliphatic rings. The van der Waals surface area contributed by atoms with E-state index < -0.39 is 0 Å². The summed E-state index contributed by atoms with van der Waals surface area (Å²) in [5.74, 6) is 1.60. The molecular weight excluding hydrogens is 454 g/mol. The molecule has 4 heterocycles. The van der Waals surface area contributed by atoms with Crippen LogP contribution in [0.5, 0.6) is 0 Å². The normalized spacial score (nSPS) is 20.4. The molecule has 2 saturated heterocycles. The molecule has 0 saturated carbocycles. The van der Waals surface area contributed by atoms with Crippen LogP contribution in [-0.2, 0) is 4.79 Å². The first-order valence-corrected chi connectivity index (χ1v) is 12.6. The molecular formula is C27H33N7O2. The van der Waals surface area contributed by atoms with E-state index in [9.17, 15) is 9.59 Å². The highest BCUT2D eigenvalue weighted by atomic mass is 16.2. The Morgan fingerprint density at radius 2 is 1.75 bits per heavy atom. The van der Waals surface area contributed by atoms with Crippen LogP contribution in [0.3, 0.4) is 0 Å². The number of amides is 2. The molecule has 5 rings (SSSR count). The van der Waals surface area contributed by atoms with E-state index in [0.717, 1.165) is 50.4 Å². The molecule has 2 unspecified atom stereocenters. The Labute approximate surface area is 211 Å². The third-order valence-electron chi connectivity index (χ3n) is 7.44. The zero-order valence-electron chi connectivity index (χ0n) is 21.1. The molecule has 2 amide bonds. The van der Waals surface area contributed by atoms with Crippen LogP contribution >= 0.6 is 0 Å². The third kappa shape index (κ3) is 4.88. The lowest BCUT2D eigenvalue weighted by Crippen LogP contribution is -2.35. The van der Waals surface area contributed by atoms with Gasteiger partial charge in [-0.05, 0) is 49.8 Å². The van der Waals surface area contributed by atoms with Crippen molar-refractivity contribution in [2.75, 3.05) is 32.7 Å². The van der Waals surface area contributed by atoms with Crippen molar-refractivity contribution in [3.63, 3.8) is 0 Å². The van der Waals surface area contributed by atoms with Crippen molar-refractivity contribution in [2.24, 2.45) is 11.8 Å². The van der Waals surface area contributed by atoms with E-state index in [1.807, 2.05) is 49.1 Å². The molecule has 3 atom stereocenters. The third-order valence-corrected chi connectivity index (χ3v) is 7.44. The van der Waals surface area contributed by atoms with E-state index in [2.05, 4.69) is 37.6 Å². The van der Waals surface area contributed by atoms with Gasteiger partial charge in [0.25, 0.3) is 5.91 Å². The van der Waals surface area contributed by atoms with Gasteiger partial charge in [-0.3, -0.25) is 9.59 Å². The highest BCUT2D eigenvalue weighted by molar-refractivity contribution is 5.96. The average molecular weight is 488 g/mol. The second kappa shape index (κ2) is 10.2. The maximum Gasteiger partial charge on any atom is 0.257 e. The minimum Gasteiger partial charge on any atom is -0.349 e. The first-order chi connectivity index (χ1) is 17.4. The number of aryl methyl sites for hydroxylation is 1. The number of rotatable bonds is 7. The number of benzene rings is 1. The Bertz CT molecular complexity index is 1210. The van der Waals surface area contributed by atoms with Gasteiger partial charge in [-0.15, -0.1) is 5.10 Å². The fourth-order valence-corrected chi connectivity index (χ4v) is 5.74. The second-order valence-corrected chi connectivity index (χ2v) is 9.98. The van der Waals surface area contributed by atoms with Crippen molar-refractivity contribution in [3.05, 3.63) is 71.2 Å². The van der Waals surface area contributed by atoms with Gasteiger partial charge < -0.3 is 15.1 Å². The zero-order chi connectivity index (χ0) is 25.2. The minimum atomic E-state index is -0.00971. The van der Waals surface area contributed by atoms with Crippen LogP contribution in [0.15, 0.2) is 48.7 Å². The first kappa shape index (κ1) is 24.1. The summed E-state index contributed by atoms with van der Waals surface area (Å²) in [4.78, 5) is 29.7. The monoisotopic (exact) mass is 487 g/mol. The summed E-state index contributed by atoms with van der Waals surface area (Å²) >= 11 is 0. The number of aromatic nitrogens is 4. The number of hydrogen-bond acceptors (Lipinski definition) is 6. The van der Waals surface area contributed by atoms with Crippen molar-refractivity contribution < 1.29 is 9.59 Å². The van der Waals surface area contributed by atoms with Crippen molar-refractivity contribution >= 4 is 11.8 Å². The minimum absolute atomic E-state index is 0.00971. The Morgan fingerprint density at radius 3 is 2.39 bits per heavy atom. The van der Waals surface area contributed by atoms with Gasteiger partial charge in [0.1, 0.15) is 0 Å². The van der Waals surface area contributed by atoms with Crippen LogP contribution in [0, 0.1) is 25.7 Å². The number of carbonyl (C=O) groups excluding carboxylic acids is 2. The SMILES string of the molecule is CC(=O)N[C@@H](CCN1CC2CN(C(=O)c3c(C)nn(-c4cccnn4)c3C)CC2C1)c1ccccc1. The number of likely N-dealkylation sites (tertiary alicyclic amines) is 2. The molecule has 0 bridgehead atoms. The van der Waals surface area contributed by atoms with E-state index in [-0.39, 0.29) is 17.9 Å². The van der Waals surface area contributed by atoms with Crippen LogP contribution in [0.1, 0.15) is 46.7 Å². The smallest absolute Gasteiger partial charge is 0.257 e. The van der Waals surface area contributed by atoms with Gasteiger partial charge in [-0.2, -0.15) is 10.2 Å². The molecule has 0 aliphatic carbocycles. The molecule has 1 aromatic carbocycles. The van der Waals surface area contributed by atoms with E-state index in [1.165, 1.54) is 0 Å². The van der Waals surface area contributed by atoms with Crippen LogP contribution in [-0.4, -0.2) is 74.3 Å². The summed E-state index contributed by atoms with van der Waals surface area (Å²) in [6.07, 6.45) is 2.49. The molecule has 2 fully saturated rings. The molecule has 188 valence electrons. The van der Waals surface area contributed by atoms with Crippen LogP contribution in [0.4, 0.5) is 0 Å². The molecule has 9 heteroatoms. The summed E-state index contributed by atoms with van der Waals surface area (Å²) in [5, 5.41) is 15.7. The van der Waals surface area contributed by atoms with Crippen molar-refractivity contribution in [1.29, 1.82) is 0 Å². The molecule has 36 heavy (non-hydrogen) atoms. The Hall–Kier alpha value is -3.59. The van der Waals surface area contributed by atoms with E-state index in [0.29, 0.717) is 28.9 Å². The highest BCUT2D eigenvalue weighted by Gasteiger charge is 2.42. The Kier molecular flexibility index (Phi) is 6.82. The van der Waals surface area contributed by atoms with Crippen molar-refractivity contribution in [2.45, 2.75) is 33.2 Å². The maximum absolute atomic E-state index is 13.5. The molecule has 2 aliphatic heterocycles. The lowest BCUT2D eigenvalue weighted by Gasteiger charge is -2.24. The number of nitrogens with one attached hydrogen (secondary N) is 1. The summed E-state index contributed by atoms with van der Waals surface area (Å²) in [7, 11) is 0. The van der Waals surface area contributed by atoms with Gasteiger partial charge in [-0.25, -0.2) is 4.68 Å². The number of carbonyl (C=O) groups is 2. The number of hydrogen-bond donors (Lipinski definition) is 1. The summed E-state index contributed by atoms with van der Waals surface area (Å²) < 4.78 is 1.70. The largest absolute Gasteiger partial charge is 0.349 e. The molecule has 0 spiro atoms. The fraction of sp³-hybridized carbons (Fsp3) is 0.444. The van der Waals surface area contributed by atoms with E-state index in [4.69, 9.17) is 0 Å². The predicted octanol–water partition coefficient (Wildman–Crippen LogP) is 2.55. The maximum atomic E-state index is 13.5. The Morgan fingerprint density at radius 1 is 1.03 bits per heavy atom. The molecule has 3 aromatic rings. The van der Waals surface area contributed by atoms with Crippen molar-refractivity contribution in [1.82, 2.24) is 35.1 Å². The molecule has 2 aromatic heterocycles. The van der Waals surface area contributed by atoms with Crippen LogP contribution in [0.2, 0.25) is 0 Å². The van der Waals surface area contributed by atoms with Crippen molar-refractivity contribution in [3.8, 4) is 5.82 Å². The second-order valence-electron chi connectivity index (χ2n) is 9.98. The topological polar surface area (TPSA) is 96.2 Å². The lowest BCUT2D eigenvalue weighted by atomic mass is 10.0. The number of nitrogens with zero attached hydrogens (tertiary/aromatic N) is 6. The lowest BCUT2D eigenvalue weighted by molar-refractivity contribution is -0.119. The van der Waals surface area contributed by atoms with Gasteiger partial charge >= 0.3 is 0 Å². The van der Waals surface area contributed by atoms with Crippen LogP contribution < -0.4 is 5.32 Å².